The molecule has 3 rings (SSSR count). The fourth-order valence-corrected chi connectivity index (χ4v) is 2.04. The molecule has 0 spiro atoms. The molecule has 1 aromatic heterocycles. The number of rotatable bonds is 3. The van der Waals surface area contributed by atoms with E-state index in [1.165, 1.54) is 0 Å². The van der Waals surface area contributed by atoms with Crippen molar-refractivity contribution in [3.05, 3.63) is 72.4 Å². The summed E-state index contributed by atoms with van der Waals surface area (Å²) in [5.41, 5.74) is 4.10. The maximum absolute atomic E-state index is 4.62. The van der Waals surface area contributed by atoms with Crippen LogP contribution in [0.25, 0.3) is 11.3 Å². The van der Waals surface area contributed by atoms with Crippen LogP contribution < -0.4 is 5.32 Å². The first-order valence-corrected chi connectivity index (χ1v) is 6.54. The van der Waals surface area contributed by atoms with Crippen LogP contribution >= 0.6 is 0 Å². The number of benzene rings is 2. The van der Waals surface area contributed by atoms with Gasteiger partial charge in [-0.15, -0.1) is 0 Å². The van der Waals surface area contributed by atoms with Crippen molar-refractivity contribution in [2.24, 2.45) is 0 Å². The topological polar surface area (TPSA) is 37.8 Å². The summed E-state index contributed by atoms with van der Waals surface area (Å²) in [5, 5.41) is 3.22. The minimum atomic E-state index is 0.612. The molecule has 0 radical (unpaired) electrons. The molecule has 20 heavy (non-hydrogen) atoms. The van der Waals surface area contributed by atoms with Crippen molar-refractivity contribution < 1.29 is 0 Å². The number of nitrogens with one attached hydrogen (secondary N) is 1. The van der Waals surface area contributed by atoms with Gasteiger partial charge in [0.15, 0.2) is 0 Å². The van der Waals surface area contributed by atoms with Crippen LogP contribution in [0.5, 0.6) is 0 Å². The fourth-order valence-electron chi connectivity index (χ4n) is 2.04. The molecule has 3 aromatic rings. The molecule has 0 atom stereocenters. The summed E-state index contributed by atoms with van der Waals surface area (Å²) in [4.78, 5) is 8.95. The largest absolute Gasteiger partial charge is 0.324 e. The Balaban J connectivity index is 1.95. The van der Waals surface area contributed by atoms with E-state index in [1.54, 1.807) is 0 Å². The number of anilines is 2. The van der Waals surface area contributed by atoms with Crippen molar-refractivity contribution in [1.82, 2.24) is 9.97 Å². The van der Waals surface area contributed by atoms with Crippen molar-refractivity contribution in [3.8, 4) is 11.3 Å². The number of hydrogen-bond acceptors (Lipinski definition) is 3. The molecule has 0 aliphatic rings. The van der Waals surface area contributed by atoms with E-state index in [0.717, 1.165) is 22.5 Å². The Labute approximate surface area is 118 Å². The average molecular weight is 261 g/mol. The lowest BCUT2D eigenvalue weighted by Crippen LogP contribution is -1.99. The maximum atomic E-state index is 4.62. The summed E-state index contributed by atoms with van der Waals surface area (Å²) in [5.74, 6) is 0.612. The molecule has 0 amide bonds. The molecule has 0 fully saturated rings. The summed E-state index contributed by atoms with van der Waals surface area (Å²) in [6.45, 7) is 2.02. The van der Waals surface area contributed by atoms with Gasteiger partial charge in [-0.05, 0) is 24.6 Å². The van der Waals surface area contributed by atoms with Crippen LogP contribution in [-0.2, 0) is 0 Å². The Kier molecular flexibility index (Phi) is 3.42. The van der Waals surface area contributed by atoms with Gasteiger partial charge in [0, 0.05) is 17.4 Å². The second-order valence-electron chi connectivity index (χ2n) is 4.58. The van der Waals surface area contributed by atoms with Gasteiger partial charge in [-0.3, -0.25) is 0 Å². The van der Waals surface area contributed by atoms with Crippen LogP contribution in [-0.4, -0.2) is 9.97 Å². The molecule has 0 bridgehead atoms. The zero-order valence-electron chi connectivity index (χ0n) is 11.2. The zero-order valence-corrected chi connectivity index (χ0v) is 11.2. The molecule has 0 aliphatic carbocycles. The summed E-state index contributed by atoms with van der Waals surface area (Å²) < 4.78 is 0. The Hall–Kier alpha value is -2.68. The molecular formula is C17H15N3. The molecule has 1 N–H and O–H groups in total. The van der Waals surface area contributed by atoms with E-state index in [-0.39, 0.29) is 0 Å². The van der Waals surface area contributed by atoms with Crippen LogP contribution in [0.4, 0.5) is 11.6 Å². The van der Waals surface area contributed by atoms with Crippen LogP contribution in [0.3, 0.4) is 0 Å². The van der Waals surface area contributed by atoms with Gasteiger partial charge < -0.3 is 5.32 Å². The highest BCUT2D eigenvalue weighted by atomic mass is 15.1. The summed E-state index contributed by atoms with van der Waals surface area (Å²) in [6.07, 6.45) is 1.85. The summed E-state index contributed by atoms with van der Waals surface area (Å²) in [7, 11) is 0. The molecule has 3 nitrogen and oxygen atoms in total. The van der Waals surface area contributed by atoms with Gasteiger partial charge in [0.05, 0.1) is 5.69 Å². The van der Waals surface area contributed by atoms with Gasteiger partial charge in [0.2, 0.25) is 5.95 Å². The fraction of sp³-hybridized carbons (Fsp3) is 0.0588. The van der Waals surface area contributed by atoms with E-state index < -0.39 is 0 Å². The van der Waals surface area contributed by atoms with Crippen LogP contribution in [0.15, 0.2) is 66.9 Å². The third kappa shape index (κ3) is 2.67. The van der Waals surface area contributed by atoms with Crippen molar-refractivity contribution >= 4 is 11.6 Å². The maximum Gasteiger partial charge on any atom is 0.227 e. The smallest absolute Gasteiger partial charge is 0.227 e. The van der Waals surface area contributed by atoms with Gasteiger partial charge in [-0.2, -0.15) is 0 Å². The zero-order chi connectivity index (χ0) is 13.8. The number of para-hydroxylation sites is 1. The Morgan fingerprint density at radius 1 is 0.850 bits per heavy atom. The van der Waals surface area contributed by atoms with Gasteiger partial charge >= 0.3 is 0 Å². The lowest BCUT2D eigenvalue weighted by atomic mass is 10.1. The van der Waals surface area contributed by atoms with Crippen molar-refractivity contribution in [2.45, 2.75) is 6.92 Å². The van der Waals surface area contributed by atoms with Crippen LogP contribution in [0, 0.1) is 6.92 Å². The second-order valence-corrected chi connectivity index (χ2v) is 4.58. The van der Waals surface area contributed by atoms with E-state index >= 15 is 0 Å². The first-order valence-electron chi connectivity index (χ1n) is 6.54. The Morgan fingerprint density at radius 2 is 1.50 bits per heavy atom. The van der Waals surface area contributed by atoms with Gasteiger partial charge in [0.25, 0.3) is 0 Å². The van der Waals surface area contributed by atoms with E-state index in [0.29, 0.717) is 5.95 Å². The number of aryl methyl sites for hydroxylation is 1. The standard InChI is InChI=1S/C17H15N3/c1-13-12-18-17(19-15-10-6-3-7-11-15)20-16(13)14-8-4-2-5-9-14/h2-12H,1H3,(H,18,19,20). The highest BCUT2D eigenvalue weighted by Crippen LogP contribution is 2.22. The predicted molar refractivity (Wildman–Crippen MR) is 81.9 cm³/mol. The highest BCUT2D eigenvalue weighted by molar-refractivity contribution is 5.64. The average Bonchev–Trinajstić information content (AvgIpc) is 2.51. The Morgan fingerprint density at radius 3 is 2.20 bits per heavy atom. The predicted octanol–water partition coefficient (Wildman–Crippen LogP) is 4.20. The summed E-state index contributed by atoms with van der Waals surface area (Å²) >= 11 is 0. The second kappa shape index (κ2) is 5.53. The SMILES string of the molecule is Cc1cnc(Nc2ccccc2)nc1-c1ccccc1. The molecule has 1 heterocycles. The first kappa shape index (κ1) is 12.4. The van der Waals surface area contributed by atoms with Crippen LogP contribution in [0.2, 0.25) is 0 Å². The van der Waals surface area contributed by atoms with Crippen LogP contribution in [0.1, 0.15) is 5.56 Å². The quantitative estimate of drug-likeness (QED) is 0.768. The third-order valence-electron chi connectivity index (χ3n) is 3.05. The number of hydrogen-bond donors (Lipinski definition) is 1. The molecule has 2 aromatic carbocycles. The van der Waals surface area contributed by atoms with E-state index in [1.807, 2.05) is 61.7 Å². The molecule has 0 aliphatic heterocycles. The molecule has 0 saturated carbocycles. The summed E-state index contributed by atoms with van der Waals surface area (Å²) in [6, 6.07) is 20.1. The third-order valence-corrected chi connectivity index (χ3v) is 3.05. The first-order chi connectivity index (χ1) is 9.83. The lowest BCUT2D eigenvalue weighted by molar-refractivity contribution is 1.14. The normalized spacial score (nSPS) is 10.2. The van der Waals surface area contributed by atoms with Crippen molar-refractivity contribution in [2.75, 3.05) is 5.32 Å². The van der Waals surface area contributed by atoms with E-state index in [9.17, 15) is 0 Å². The van der Waals surface area contributed by atoms with Gasteiger partial charge in [-0.25, -0.2) is 9.97 Å². The minimum absolute atomic E-state index is 0.612. The van der Waals surface area contributed by atoms with E-state index in [2.05, 4.69) is 27.4 Å². The minimum Gasteiger partial charge on any atom is -0.324 e. The molecule has 0 saturated heterocycles. The van der Waals surface area contributed by atoms with Crippen molar-refractivity contribution in [1.29, 1.82) is 0 Å². The highest BCUT2D eigenvalue weighted by Gasteiger charge is 2.06. The van der Waals surface area contributed by atoms with Gasteiger partial charge in [-0.1, -0.05) is 48.5 Å². The number of nitrogens with zero attached hydrogens (tertiary/aromatic N) is 2. The lowest BCUT2D eigenvalue weighted by Gasteiger charge is -2.09. The molecule has 3 heteroatoms. The Bertz CT molecular complexity index is 694. The van der Waals surface area contributed by atoms with Crippen molar-refractivity contribution in [3.63, 3.8) is 0 Å². The monoisotopic (exact) mass is 261 g/mol. The molecule has 98 valence electrons. The number of aromatic nitrogens is 2. The van der Waals surface area contributed by atoms with Gasteiger partial charge in [0.1, 0.15) is 0 Å². The van der Waals surface area contributed by atoms with E-state index in [4.69, 9.17) is 0 Å². The molecular weight excluding hydrogens is 246 g/mol. The molecule has 0 unspecified atom stereocenters.